The molecule has 1 N–H and O–H groups in total. The van der Waals surface area contributed by atoms with E-state index in [1.165, 1.54) is 0 Å². The summed E-state index contributed by atoms with van der Waals surface area (Å²) >= 11 is 0. The maximum Gasteiger partial charge on any atom is 0.233 e. The predicted octanol–water partition coefficient (Wildman–Crippen LogP) is 2.43. The number of phenols is 1. The van der Waals surface area contributed by atoms with Gasteiger partial charge in [-0.2, -0.15) is 5.10 Å². The molecule has 0 saturated carbocycles. The van der Waals surface area contributed by atoms with Crippen molar-refractivity contribution < 1.29 is 5.11 Å². The third kappa shape index (κ3) is 2.55. The Morgan fingerprint density at radius 1 is 0.957 bits per heavy atom. The van der Waals surface area contributed by atoms with E-state index in [1.54, 1.807) is 16.8 Å². The fourth-order valence-electron chi connectivity index (χ4n) is 2.59. The summed E-state index contributed by atoms with van der Waals surface area (Å²) < 4.78 is 3.76. The molecule has 0 aliphatic heterocycles. The molecule has 6 nitrogen and oxygen atoms in total. The maximum atomic E-state index is 9.38. The van der Waals surface area contributed by atoms with Crippen LogP contribution in [0.5, 0.6) is 5.75 Å². The molecular formula is C17H15N5O. The van der Waals surface area contributed by atoms with E-state index in [-0.39, 0.29) is 5.75 Å². The van der Waals surface area contributed by atoms with Crippen molar-refractivity contribution in [3.8, 4) is 16.9 Å². The number of phenolic OH excluding ortho intramolecular Hbond substituents is 1. The van der Waals surface area contributed by atoms with E-state index >= 15 is 0 Å². The molecule has 1 aromatic carbocycles. The lowest BCUT2D eigenvalue weighted by Crippen LogP contribution is -1.96. The highest BCUT2D eigenvalue weighted by Crippen LogP contribution is 2.20. The van der Waals surface area contributed by atoms with Gasteiger partial charge in [0.15, 0.2) is 0 Å². The second-order valence-electron chi connectivity index (χ2n) is 5.51. The fraction of sp³-hybridized carbons (Fsp3) is 0.118. The van der Waals surface area contributed by atoms with E-state index in [4.69, 9.17) is 0 Å². The number of benzene rings is 1. The molecule has 0 unspecified atom stereocenters. The van der Waals surface area contributed by atoms with Crippen molar-refractivity contribution in [1.82, 2.24) is 24.1 Å². The molecule has 0 saturated heterocycles. The monoisotopic (exact) mass is 305 g/mol. The molecule has 0 aliphatic carbocycles. The lowest BCUT2D eigenvalue weighted by Gasteiger charge is -2.04. The van der Waals surface area contributed by atoms with Gasteiger partial charge in [0.1, 0.15) is 5.75 Å². The first kappa shape index (κ1) is 13.5. The van der Waals surface area contributed by atoms with Crippen LogP contribution in [-0.2, 0) is 13.5 Å². The number of aryl methyl sites for hydroxylation is 1. The van der Waals surface area contributed by atoms with Crippen LogP contribution in [0.25, 0.3) is 16.9 Å². The molecular weight excluding hydrogens is 290 g/mol. The summed E-state index contributed by atoms with van der Waals surface area (Å²) in [6.45, 7) is 0. The zero-order valence-electron chi connectivity index (χ0n) is 12.6. The quantitative estimate of drug-likeness (QED) is 0.631. The zero-order chi connectivity index (χ0) is 15.8. The van der Waals surface area contributed by atoms with Crippen LogP contribution in [0.4, 0.5) is 0 Å². The third-order valence-corrected chi connectivity index (χ3v) is 3.80. The molecule has 114 valence electrons. The van der Waals surface area contributed by atoms with Crippen molar-refractivity contribution in [2.75, 3.05) is 0 Å². The molecule has 6 heteroatoms. The fourth-order valence-corrected chi connectivity index (χ4v) is 2.59. The van der Waals surface area contributed by atoms with Crippen LogP contribution >= 0.6 is 0 Å². The minimum Gasteiger partial charge on any atom is -0.508 e. The minimum atomic E-state index is 0.271. The maximum absolute atomic E-state index is 9.38. The van der Waals surface area contributed by atoms with Crippen molar-refractivity contribution in [3.05, 3.63) is 66.5 Å². The number of aromatic hydroxyl groups is 1. The highest BCUT2D eigenvalue weighted by molar-refractivity contribution is 5.61. The Labute approximate surface area is 132 Å². The van der Waals surface area contributed by atoms with Gasteiger partial charge in [0, 0.05) is 48.9 Å². The minimum absolute atomic E-state index is 0.271. The molecule has 0 fully saturated rings. The summed E-state index contributed by atoms with van der Waals surface area (Å²) in [5.41, 5.74) is 4.17. The van der Waals surface area contributed by atoms with Gasteiger partial charge in [-0.15, -0.1) is 0 Å². The van der Waals surface area contributed by atoms with Gasteiger partial charge in [0.25, 0.3) is 0 Å². The van der Waals surface area contributed by atoms with E-state index < -0.39 is 0 Å². The van der Waals surface area contributed by atoms with E-state index in [0.29, 0.717) is 5.78 Å². The number of hydrogen-bond acceptors (Lipinski definition) is 4. The Morgan fingerprint density at radius 3 is 2.43 bits per heavy atom. The molecule has 0 aliphatic rings. The Morgan fingerprint density at radius 2 is 1.70 bits per heavy atom. The first-order valence-corrected chi connectivity index (χ1v) is 7.28. The Balaban J connectivity index is 1.74. The van der Waals surface area contributed by atoms with Crippen molar-refractivity contribution in [3.63, 3.8) is 0 Å². The molecule has 0 atom stereocenters. The van der Waals surface area contributed by atoms with Gasteiger partial charge in [-0.05, 0) is 17.7 Å². The van der Waals surface area contributed by atoms with Crippen molar-refractivity contribution in [2.45, 2.75) is 6.42 Å². The first-order valence-electron chi connectivity index (χ1n) is 7.28. The van der Waals surface area contributed by atoms with Gasteiger partial charge in [0.2, 0.25) is 5.78 Å². The molecule has 3 heterocycles. The molecule has 3 aromatic heterocycles. The summed E-state index contributed by atoms with van der Waals surface area (Å²) in [7, 11) is 1.89. The van der Waals surface area contributed by atoms with Gasteiger partial charge in [-0.25, -0.2) is 9.97 Å². The van der Waals surface area contributed by atoms with Crippen LogP contribution in [-0.4, -0.2) is 29.3 Å². The molecule has 0 radical (unpaired) electrons. The molecule has 23 heavy (non-hydrogen) atoms. The highest BCUT2D eigenvalue weighted by atomic mass is 16.3. The van der Waals surface area contributed by atoms with Crippen LogP contribution in [0.3, 0.4) is 0 Å². The molecule has 0 amide bonds. The van der Waals surface area contributed by atoms with E-state index in [2.05, 4.69) is 15.1 Å². The van der Waals surface area contributed by atoms with Gasteiger partial charge < -0.3 is 5.11 Å². The number of hydrogen-bond donors (Lipinski definition) is 1. The third-order valence-electron chi connectivity index (χ3n) is 3.80. The molecule has 0 spiro atoms. The number of rotatable bonds is 3. The van der Waals surface area contributed by atoms with E-state index in [1.807, 2.05) is 54.6 Å². The van der Waals surface area contributed by atoms with E-state index in [9.17, 15) is 5.11 Å². The smallest absolute Gasteiger partial charge is 0.233 e. The van der Waals surface area contributed by atoms with Gasteiger partial charge in [0.05, 0.1) is 12.4 Å². The SMILES string of the molecule is Cn1cc(-c2cnc3ncc(Cc4ccc(O)cc4)n3c2)cn1. The Bertz CT molecular complexity index is 968. The van der Waals surface area contributed by atoms with Crippen LogP contribution in [0, 0.1) is 0 Å². The first-order chi connectivity index (χ1) is 11.2. The number of imidazole rings is 1. The lowest BCUT2D eigenvalue weighted by atomic mass is 10.1. The van der Waals surface area contributed by atoms with Gasteiger partial charge >= 0.3 is 0 Å². The molecule has 4 rings (SSSR count). The summed E-state index contributed by atoms with van der Waals surface area (Å²) in [5.74, 6) is 0.943. The van der Waals surface area contributed by atoms with Crippen LogP contribution in [0.1, 0.15) is 11.3 Å². The number of nitrogens with zero attached hydrogens (tertiary/aromatic N) is 5. The summed E-state index contributed by atoms with van der Waals surface area (Å²) in [5, 5.41) is 13.6. The average Bonchev–Trinajstić information content (AvgIpc) is 3.16. The molecule has 0 bridgehead atoms. The van der Waals surface area contributed by atoms with Crippen LogP contribution in [0.15, 0.2) is 55.2 Å². The number of fused-ring (bicyclic) bond motifs is 1. The summed E-state index contributed by atoms with van der Waals surface area (Å²) in [6.07, 6.45) is 10.2. The largest absolute Gasteiger partial charge is 0.508 e. The number of aromatic nitrogens is 5. The van der Waals surface area contributed by atoms with Crippen molar-refractivity contribution in [1.29, 1.82) is 0 Å². The second kappa shape index (κ2) is 5.24. The van der Waals surface area contributed by atoms with Gasteiger partial charge in [-0.3, -0.25) is 9.08 Å². The topological polar surface area (TPSA) is 68.2 Å². The summed E-state index contributed by atoms with van der Waals surface area (Å²) in [4.78, 5) is 8.77. The van der Waals surface area contributed by atoms with Gasteiger partial charge in [-0.1, -0.05) is 12.1 Å². The van der Waals surface area contributed by atoms with E-state index in [0.717, 1.165) is 28.8 Å². The lowest BCUT2D eigenvalue weighted by molar-refractivity contribution is 0.475. The van der Waals surface area contributed by atoms with Crippen molar-refractivity contribution >= 4 is 5.78 Å². The standard InChI is InChI=1S/C17H15N5O/c1-21-10-14(8-20-21)13-7-18-17-19-9-15(22(17)11-13)6-12-2-4-16(23)5-3-12/h2-5,7-11,23H,6H2,1H3. The van der Waals surface area contributed by atoms with Crippen LogP contribution in [0.2, 0.25) is 0 Å². The Hall–Kier alpha value is -3.15. The normalized spacial score (nSPS) is 11.2. The second-order valence-corrected chi connectivity index (χ2v) is 5.51. The molecule has 4 aromatic rings. The summed E-state index contributed by atoms with van der Waals surface area (Å²) in [6, 6.07) is 7.20. The van der Waals surface area contributed by atoms with Crippen LogP contribution < -0.4 is 0 Å². The Kier molecular flexibility index (Phi) is 3.08. The zero-order valence-corrected chi connectivity index (χ0v) is 12.6. The predicted molar refractivity (Wildman–Crippen MR) is 86.1 cm³/mol. The highest BCUT2D eigenvalue weighted by Gasteiger charge is 2.08. The van der Waals surface area contributed by atoms with Crippen molar-refractivity contribution in [2.24, 2.45) is 7.05 Å². The average molecular weight is 305 g/mol.